The lowest BCUT2D eigenvalue weighted by Gasteiger charge is -2.39. The summed E-state index contributed by atoms with van der Waals surface area (Å²) in [7, 11) is 0. The van der Waals surface area contributed by atoms with Crippen LogP contribution in [0.3, 0.4) is 0 Å². The maximum Gasteiger partial charge on any atom is 0.553 e. The van der Waals surface area contributed by atoms with Gasteiger partial charge in [0.2, 0.25) is 17.1 Å². The predicted molar refractivity (Wildman–Crippen MR) is 166 cm³/mol. The zero-order valence-corrected chi connectivity index (χ0v) is 25.9. The molecule has 0 saturated heterocycles. The largest absolute Gasteiger partial charge is 0.553 e. The van der Waals surface area contributed by atoms with Gasteiger partial charge in [-0.1, -0.05) is 35.7 Å². The van der Waals surface area contributed by atoms with Gasteiger partial charge in [-0.3, -0.25) is 9.59 Å². The molecular weight excluding hydrogens is 572 g/mol. The highest BCUT2D eigenvalue weighted by atomic mass is 16.4. The van der Waals surface area contributed by atoms with E-state index in [2.05, 4.69) is 70.8 Å². The Balaban J connectivity index is 1.67. The van der Waals surface area contributed by atoms with Crippen LogP contribution >= 0.6 is 0 Å². The highest BCUT2D eigenvalue weighted by Crippen LogP contribution is 2.54. The van der Waals surface area contributed by atoms with E-state index >= 15 is 0 Å². The molecule has 10 heteroatoms. The molecule has 0 fully saturated rings. The van der Waals surface area contributed by atoms with Crippen molar-refractivity contribution in [3.05, 3.63) is 79.0 Å². The van der Waals surface area contributed by atoms with Crippen molar-refractivity contribution in [2.45, 2.75) is 66.2 Å². The summed E-state index contributed by atoms with van der Waals surface area (Å²) in [4.78, 5) is 37.7. The summed E-state index contributed by atoms with van der Waals surface area (Å²) >= 11 is 0. The van der Waals surface area contributed by atoms with Crippen LogP contribution in [0.2, 0.25) is 0 Å². The molecule has 0 saturated carbocycles. The van der Waals surface area contributed by atoms with Crippen molar-refractivity contribution < 1.29 is 38.9 Å². The second-order valence-electron chi connectivity index (χ2n) is 12.8. The summed E-state index contributed by atoms with van der Waals surface area (Å²) in [6.45, 7) is 14.4. The van der Waals surface area contributed by atoms with E-state index in [0.29, 0.717) is 22.6 Å². The standard InChI is InChI=1S/C35H32N4O6/c1-7-19-15(3)23-12-25-17(5)21(9-10-29(40)41)32-22(11-30(42)43)33-31(34(44)45)18(6)26-14-28-20(8-2)16(4)24-13-27(19)36(23)35(37(24)28,38(25)32)39(26)33/h7,12-14,17,21H,1,8-11H2,2-6H3,(H-2,40,41,42,43,44,45)/p+2/t17-,21-,35?/m0/s1. The van der Waals surface area contributed by atoms with Gasteiger partial charge in [-0.15, -0.1) is 0 Å². The van der Waals surface area contributed by atoms with Gasteiger partial charge in [-0.2, -0.15) is 9.13 Å². The Hall–Kier alpha value is -4.99. The highest BCUT2D eigenvalue weighted by Gasteiger charge is 2.76. The third-order valence-electron chi connectivity index (χ3n) is 11.0. The van der Waals surface area contributed by atoms with Crippen LogP contribution in [0.5, 0.6) is 0 Å². The average Bonchev–Trinajstić information content (AvgIpc) is 3.63. The first kappa shape index (κ1) is 27.6. The average molecular weight is 607 g/mol. The van der Waals surface area contributed by atoms with Gasteiger partial charge in [0.1, 0.15) is 11.1 Å². The maximum absolute atomic E-state index is 13.2. The molecule has 1 spiro atoms. The molecule has 0 amide bonds. The number of rotatable bonds is 8. The fourth-order valence-electron chi connectivity index (χ4n) is 9.21. The molecule has 3 N–H and O–H groups in total. The van der Waals surface area contributed by atoms with Crippen molar-refractivity contribution in [3.63, 3.8) is 0 Å². The highest BCUT2D eigenvalue weighted by molar-refractivity contribution is 6.24. The zero-order valence-electron chi connectivity index (χ0n) is 25.9. The zero-order chi connectivity index (χ0) is 32.0. The summed E-state index contributed by atoms with van der Waals surface area (Å²) in [6.07, 6.45) is 8.86. The summed E-state index contributed by atoms with van der Waals surface area (Å²) in [5, 5.41) is 32.8. The molecule has 6 aliphatic rings. The Kier molecular flexibility index (Phi) is 5.26. The van der Waals surface area contributed by atoms with Gasteiger partial charge < -0.3 is 15.3 Å². The van der Waals surface area contributed by atoms with Crippen LogP contribution in [0.4, 0.5) is 0 Å². The Morgan fingerprint density at radius 1 is 0.978 bits per heavy atom. The first-order valence-electron chi connectivity index (χ1n) is 15.4. The van der Waals surface area contributed by atoms with Crippen LogP contribution < -0.4 is 10.7 Å². The van der Waals surface area contributed by atoms with Gasteiger partial charge in [-0.05, 0) is 56.4 Å². The van der Waals surface area contributed by atoms with E-state index in [1.54, 1.807) is 6.92 Å². The number of aliphatic carboxylic acids is 3. The molecule has 3 atom stereocenters. The predicted octanol–water partition coefficient (Wildman–Crippen LogP) is 2.71. The Morgan fingerprint density at radius 2 is 1.71 bits per heavy atom. The molecule has 0 aliphatic carbocycles. The van der Waals surface area contributed by atoms with E-state index in [4.69, 9.17) is 0 Å². The van der Waals surface area contributed by atoms with E-state index in [9.17, 15) is 29.7 Å². The molecule has 6 aliphatic heterocycles. The van der Waals surface area contributed by atoms with Gasteiger partial charge in [0, 0.05) is 29.7 Å². The molecule has 2 aromatic rings. The normalized spacial score (nSPS) is 24.4. The molecule has 0 aromatic carbocycles. The minimum Gasteiger partial charge on any atom is -0.481 e. The van der Waals surface area contributed by atoms with Crippen LogP contribution in [-0.4, -0.2) is 62.9 Å². The lowest BCUT2D eigenvalue weighted by Crippen LogP contribution is -2.70. The lowest BCUT2D eigenvalue weighted by atomic mass is 9.82. The molecule has 0 bridgehead atoms. The minimum absolute atomic E-state index is 0.0826. The number of carboxylic acids is 3. The van der Waals surface area contributed by atoms with Crippen molar-refractivity contribution in [3.8, 4) is 0 Å². The molecule has 0 radical (unpaired) electrons. The van der Waals surface area contributed by atoms with Gasteiger partial charge in [0.05, 0.1) is 40.3 Å². The van der Waals surface area contributed by atoms with Gasteiger partial charge >= 0.3 is 23.8 Å². The number of carbonyl (C=O) groups is 3. The summed E-state index contributed by atoms with van der Waals surface area (Å²) in [5.74, 6) is -4.80. The van der Waals surface area contributed by atoms with Crippen molar-refractivity contribution in [2.24, 2.45) is 11.8 Å². The second kappa shape index (κ2) is 8.59. The number of allylic oxidation sites excluding steroid dienone is 2. The van der Waals surface area contributed by atoms with Crippen molar-refractivity contribution in [1.82, 2.24) is 9.13 Å². The van der Waals surface area contributed by atoms with E-state index in [1.807, 2.05) is 6.08 Å². The fourth-order valence-corrected chi connectivity index (χ4v) is 9.21. The minimum atomic E-state index is -1.17. The Morgan fingerprint density at radius 3 is 2.33 bits per heavy atom. The SMILES string of the molecule is C=Cc1c(C)c2n3c1C=c1c(C)c(CC)c4n1C31[N+]3=C(C=4)C(C)=C(C(=O)O)C3=C(CC(=O)O)C3=[N+]1C(=C2)[C@@H](C)[C@@H]3CCC(=O)O. The number of nitrogens with zero attached hydrogens (tertiary/aromatic N) is 4. The summed E-state index contributed by atoms with van der Waals surface area (Å²) in [6, 6.07) is 0. The molecule has 2 aromatic heterocycles. The third kappa shape index (κ3) is 2.89. The fraction of sp³-hybridized carbons (Fsp3) is 0.343. The van der Waals surface area contributed by atoms with Crippen LogP contribution in [0, 0.1) is 25.7 Å². The van der Waals surface area contributed by atoms with Crippen LogP contribution in [0.15, 0.2) is 34.7 Å². The monoisotopic (exact) mass is 606 g/mol. The molecular formula is C35H34N4O6+2. The number of aromatic nitrogens is 2. The van der Waals surface area contributed by atoms with Gasteiger partial charge in [-0.25, -0.2) is 4.79 Å². The van der Waals surface area contributed by atoms with Crippen molar-refractivity contribution in [1.29, 1.82) is 0 Å². The lowest BCUT2D eigenvalue weighted by molar-refractivity contribution is -0.839. The summed E-state index contributed by atoms with van der Waals surface area (Å²) in [5.41, 5.74) is 10.1. The topological polar surface area (TPSA) is 128 Å². The smallest absolute Gasteiger partial charge is 0.481 e. The number of carboxylic acid groups (broad SMARTS) is 3. The van der Waals surface area contributed by atoms with Crippen molar-refractivity contribution >= 4 is 53.6 Å². The van der Waals surface area contributed by atoms with E-state index in [-0.39, 0.29) is 30.3 Å². The van der Waals surface area contributed by atoms with Gasteiger partial charge in [0.25, 0.3) is 0 Å². The first-order valence-corrected chi connectivity index (χ1v) is 15.4. The van der Waals surface area contributed by atoms with E-state index in [0.717, 1.165) is 62.2 Å². The molecule has 8 heterocycles. The summed E-state index contributed by atoms with van der Waals surface area (Å²) < 4.78 is 8.88. The third-order valence-corrected chi connectivity index (χ3v) is 11.0. The van der Waals surface area contributed by atoms with E-state index < -0.39 is 30.2 Å². The maximum atomic E-state index is 13.2. The molecule has 8 rings (SSSR count). The Bertz CT molecular complexity index is 2230. The van der Waals surface area contributed by atoms with Crippen LogP contribution in [-0.2, 0) is 26.7 Å². The first-order chi connectivity index (χ1) is 21.4. The van der Waals surface area contributed by atoms with Gasteiger partial charge in [0.15, 0.2) is 5.70 Å². The molecule has 10 nitrogen and oxygen atoms in total. The second-order valence-corrected chi connectivity index (χ2v) is 12.8. The molecule has 228 valence electrons. The van der Waals surface area contributed by atoms with Crippen LogP contribution in [0.25, 0.3) is 24.3 Å². The van der Waals surface area contributed by atoms with E-state index in [1.165, 1.54) is 0 Å². The molecule has 1 unspecified atom stereocenters. The molecule has 45 heavy (non-hydrogen) atoms. The number of hydrogen-bond acceptors (Lipinski definition) is 3. The number of hydrogen-bond donors (Lipinski definition) is 3. The Labute approximate surface area is 258 Å². The van der Waals surface area contributed by atoms with Crippen molar-refractivity contribution in [2.75, 3.05) is 0 Å². The van der Waals surface area contributed by atoms with Crippen LogP contribution in [0.1, 0.15) is 73.7 Å². The quantitative estimate of drug-likeness (QED) is 0.397.